The number of nitrogens with one attached hydrogen (secondary N) is 1. The summed E-state index contributed by atoms with van der Waals surface area (Å²) < 4.78 is 4.98. The molecule has 0 saturated carbocycles. The van der Waals surface area contributed by atoms with Gasteiger partial charge >= 0.3 is 0 Å². The van der Waals surface area contributed by atoms with Crippen LogP contribution in [0, 0.1) is 0 Å². The van der Waals surface area contributed by atoms with Crippen molar-refractivity contribution in [3.63, 3.8) is 0 Å². The van der Waals surface area contributed by atoms with Crippen LogP contribution in [0.15, 0.2) is 4.99 Å². The van der Waals surface area contributed by atoms with Crippen LogP contribution in [0.25, 0.3) is 0 Å². The van der Waals surface area contributed by atoms with Gasteiger partial charge in [-0.3, -0.25) is 4.99 Å². The zero-order chi connectivity index (χ0) is 11.8. The fraction of sp³-hybridized carbons (Fsp3) is 0.909. The summed E-state index contributed by atoms with van der Waals surface area (Å²) in [6.07, 6.45) is 1.56. The van der Waals surface area contributed by atoms with E-state index in [0.717, 1.165) is 45.0 Å². The molecule has 1 aliphatic heterocycles. The first-order valence-electron chi connectivity index (χ1n) is 5.98. The van der Waals surface area contributed by atoms with Crippen LogP contribution in [0.3, 0.4) is 0 Å². The van der Waals surface area contributed by atoms with E-state index in [1.54, 1.807) is 7.11 Å². The van der Waals surface area contributed by atoms with Gasteiger partial charge in [0.1, 0.15) is 0 Å². The van der Waals surface area contributed by atoms with E-state index < -0.39 is 0 Å². The van der Waals surface area contributed by atoms with Gasteiger partial charge in [-0.15, -0.1) is 0 Å². The van der Waals surface area contributed by atoms with Crippen LogP contribution in [0.1, 0.15) is 19.8 Å². The second kappa shape index (κ2) is 7.46. The number of aliphatic hydroxyl groups excluding tert-OH is 1. The first-order chi connectivity index (χ1) is 7.77. The van der Waals surface area contributed by atoms with E-state index in [2.05, 4.69) is 22.1 Å². The summed E-state index contributed by atoms with van der Waals surface area (Å²) >= 11 is 0. The molecule has 1 rings (SSSR count). The Morgan fingerprint density at radius 2 is 2.44 bits per heavy atom. The molecule has 5 nitrogen and oxygen atoms in total. The minimum atomic E-state index is -0.206. The van der Waals surface area contributed by atoms with E-state index in [1.165, 1.54) is 0 Å². The van der Waals surface area contributed by atoms with Gasteiger partial charge in [-0.2, -0.15) is 0 Å². The monoisotopic (exact) mass is 229 g/mol. The highest BCUT2D eigenvalue weighted by Gasteiger charge is 2.22. The molecule has 0 aromatic heterocycles. The molecule has 0 radical (unpaired) electrons. The zero-order valence-electron chi connectivity index (χ0n) is 10.3. The summed E-state index contributed by atoms with van der Waals surface area (Å²) in [4.78, 5) is 6.62. The Hall–Kier alpha value is -0.810. The van der Waals surface area contributed by atoms with Crippen molar-refractivity contribution in [2.75, 3.05) is 39.9 Å². The van der Waals surface area contributed by atoms with E-state index in [4.69, 9.17) is 4.74 Å². The van der Waals surface area contributed by atoms with Crippen molar-refractivity contribution in [3.8, 4) is 0 Å². The van der Waals surface area contributed by atoms with E-state index >= 15 is 0 Å². The molecule has 5 heteroatoms. The Labute approximate surface area is 97.5 Å². The number of rotatable bonds is 5. The summed E-state index contributed by atoms with van der Waals surface area (Å²) in [6, 6.07) is 0. The summed E-state index contributed by atoms with van der Waals surface area (Å²) in [5.41, 5.74) is 0. The van der Waals surface area contributed by atoms with Gasteiger partial charge < -0.3 is 20.1 Å². The molecular weight excluding hydrogens is 206 g/mol. The lowest BCUT2D eigenvalue weighted by Gasteiger charge is -2.20. The van der Waals surface area contributed by atoms with Crippen molar-refractivity contribution in [1.82, 2.24) is 10.2 Å². The third-order valence-electron chi connectivity index (χ3n) is 2.57. The van der Waals surface area contributed by atoms with Crippen LogP contribution in [0.2, 0.25) is 0 Å². The highest BCUT2D eigenvalue weighted by atomic mass is 16.5. The number of hydrogen-bond donors (Lipinski definition) is 2. The van der Waals surface area contributed by atoms with Crippen LogP contribution < -0.4 is 5.32 Å². The Morgan fingerprint density at radius 1 is 1.62 bits per heavy atom. The SMILES string of the molecule is CCNC(=NCCCOC)N1CC[C@@H](O)C1. The molecular formula is C11H23N3O2. The Balaban J connectivity index is 2.39. The third kappa shape index (κ3) is 4.37. The highest BCUT2D eigenvalue weighted by Crippen LogP contribution is 2.08. The van der Waals surface area contributed by atoms with Crippen molar-refractivity contribution in [2.24, 2.45) is 4.99 Å². The maximum atomic E-state index is 9.48. The number of aliphatic imine (C=N–C) groups is 1. The quantitative estimate of drug-likeness (QED) is 0.397. The topological polar surface area (TPSA) is 57.1 Å². The molecule has 0 unspecified atom stereocenters. The molecule has 0 bridgehead atoms. The first-order valence-corrected chi connectivity index (χ1v) is 5.98. The average Bonchev–Trinajstić information content (AvgIpc) is 2.69. The zero-order valence-corrected chi connectivity index (χ0v) is 10.3. The Kier molecular flexibility index (Phi) is 6.18. The van der Waals surface area contributed by atoms with Crippen LogP contribution in [0.4, 0.5) is 0 Å². The van der Waals surface area contributed by atoms with E-state index in [9.17, 15) is 5.11 Å². The van der Waals surface area contributed by atoms with Gasteiger partial charge in [-0.1, -0.05) is 0 Å². The van der Waals surface area contributed by atoms with Crippen molar-refractivity contribution >= 4 is 5.96 Å². The molecule has 1 saturated heterocycles. The first kappa shape index (κ1) is 13.3. The molecule has 1 aliphatic rings. The lowest BCUT2D eigenvalue weighted by Crippen LogP contribution is -2.40. The van der Waals surface area contributed by atoms with Gasteiger partial charge in [0.2, 0.25) is 0 Å². The summed E-state index contributed by atoms with van der Waals surface area (Å²) in [6.45, 7) is 5.99. The van der Waals surface area contributed by atoms with E-state index in [-0.39, 0.29) is 6.10 Å². The molecule has 1 atom stereocenters. The van der Waals surface area contributed by atoms with Crippen LogP contribution in [-0.2, 0) is 4.74 Å². The molecule has 0 amide bonds. The van der Waals surface area contributed by atoms with Crippen molar-refractivity contribution in [2.45, 2.75) is 25.9 Å². The fourth-order valence-electron chi connectivity index (χ4n) is 1.75. The number of β-amino-alcohol motifs (C(OH)–C–C–N with tert-alkyl or cyclic N) is 1. The number of guanidine groups is 1. The standard InChI is InChI=1S/C11H23N3O2/c1-3-12-11(13-6-4-8-16-2)14-7-5-10(15)9-14/h10,15H,3-9H2,1-2H3,(H,12,13)/t10-/m1/s1. The smallest absolute Gasteiger partial charge is 0.194 e. The predicted molar refractivity (Wildman–Crippen MR) is 64.7 cm³/mol. The van der Waals surface area contributed by atoms with Crippen molar-refractivity contribution < 1.29 is 9.84 Å². The molecule has 1 heterocycles. The maximum absolute atomic E-state index is 9.48. The summed E-state index contributed by atoms with van der Waals surface area (Å²) in [7, 11) is 1.70. The number of aliphatic hydroxyl groups is 1. The van der Waals surface area contributed by atoms with E-state index in [0.29, 0.717) is 6.54 Å². The maximum Gasteiger partial charge on any atom is 0.194 e. The largest absolute Gasteiger partial charge is 0.391 e. The van der Waals surface area contributed by atoms with Crippen LogP contribution in [-0.4, -0.2) is 62.0 Å². The minimum Gasteiger partial charge on any atom is -0.391 e. The molecule has 2 N–H and O–H groups in total. The fourth-order valence-corrected chi connectivity index (χ4v) is 1.75. The molecule has 16 heavy (non-hydrogen) atoms. The Morgan fingerprint density at radius 3 is 3.00 bits per heavy atom. The van der Waals surface area contributed by atoms with Crippen LogP contribution >= 0.6 is 0 Å². The van der Waals surface area contributed by atoms with Gasteiger partial charge in [-0.05, 0) is 19.8 Å². The molecule has 0 aromatic carbocycles. The lowest BCUT2D eigenvalue weighted by atomic mass is 10.3. The summed E-state index contributed by atoms with van der Waals surface area (Å²) in [5.74, 6) is 0.912. The van der Waals surface area contributed by atoms with Gasteiger partial charge in [0.05, 0.1) is 6.10 Å². The van der Waals surface area contributed by atoms with Gasteiger partial charge in [0.15, 0.2) is 5.96 Å². The van der Waals surface area contributed by atoms with Gasteiger partial charge in [-0.25, -0.2) is 0 Å². The third-order valence-corrected chi connectivity index (χ3v) is 2.57. The number of ether oxygens (including phenoxy) is 1. The van der Waals surface area contributed by atoms with Gasteiger partial charge in [0, 0.05) is 39.9 Å². The summed E-state index contributed by atoms with van der Waals surface area (Å²) in [5, 5.41) is 12.7. The molecule has 0 aromatic rings. The number of hydrogen-bond acceptors (Lipinski definition) is 3. The number of methoxy groups -OCH3 is 1. The second-order valence-corrected chi connectivity index (χ2v) is 3.97. The molecule has 0 spiro atoms. The average molecular weight is 229 g/mol. The molecule has 1 fully saturated rings. The van der Waals surface area contributed by atoms with E-state index in [1.807, 2.05) is 0 Å². The number of nitrogens with zero attached hydrogens (tertiary/aromatic N) is 2. The van der Waals surface area contributed by atoms with Crippen molar-refractivity contribution in [3.05, 3.63) is 0 Å². The minimum absolute atomic E-state index is 0.206. The highest BCUT2D eigenvalue weighted by molar-refractivity contribution is 5.80. The second-order valence-electron chi connectivity index (χ2n) is 3.97. The predicted octanol–water partition coefficient (Wildman–Crippen LogP) is 0.0550. The number of likely N-dealkylation sites (tertiary alicyclic amines) is 1. The van der Waals surface area contributed by atoms with Crippen LogP contribution in [0.5, 0.6) is 0 Å². The normalized spacial score (nSPS) is 21.6. The Bertz CT molecular complexity index is 221. The van der Waals surface area contributed by atoms with Gasteiger partial charge in [0.25, 0.3) is 0 Å². The molecule has 94 valence electrons. The van der Waals surface area contributed by atoms with Crippen molar-refractivity contribution in [1.29, 1.82) is 0 Å². The lowest BCUT2D eigenvalue weighted by molar-refractivity contribution is 0.187. The molecule has 0 aliphatic carbocycles.